The zero-order chi connectivity index (χ0) is 15.2. The number of esters is 1. The zero-order valence-electron chi connectivity index (χ0n) is 11.4. The molecule has 1 heterocycles. The SMILES string of the molecule is COc1cc(OC)nc(OC(=O)C(F)c2ccccc2)n1. The topological polar surface area (TPSA) is 70.5 Å². The van der Waals surface area contributed by atoms with Gasteiger partial charge in [0.15, 0.2) is 0 Å². The molecule has 7 heteroatoms. The van der Waals surface area contributed by atoms with Crippen molar-refractivity contribution in [2.45, 2.75) is 6.17 Å². The van der Waals surface area contributed by atoms with E-state index in [0.717, 1.165) is 0 Å². The van der Waals surface area contributed by atoms with Crippen LogP contribution in [-0.4, -0.2) is 30.2 Å². The summed E-state index contributed by atoms with van der Waals surface area (Å²) in [4.78, 5) is 19.3. The van der Waals surface area contributed by atoms with Crippen molar-refractivity contribution in [3.63, 3.8) is 0 Å². The van der Waals surface area contributed by atoms with E-state index in [1.54, 1.807) is 18.2 Å². The van der Waals surface area contributed by atoms with Crippen LogP contribution in [0.15, 0.2) is 36.4 Å². The molecule has 0 bridgehead atoms. The van der Waals surface area contributed by atoms with Gasteiger partial charge in [-0.25, -0.2) is 9.18 Å². The molecule has 0 saturated carbocycles. The van der Waals surface area contributed by atoms with E-state index in [9.17, 15) is 9.18 Å². The van der Waals surface area contributed by atoms with Gasteiger partial charge in [-0.1, -0.05) is 30.3 Å². The van der Waals surface area contributed by atoms with Gasteiger partial charge >= 0.3 is 12.0 Å². The van der Waals surface area contributed by atoms with E-state index in [4.69, 9.17) is 14.2 Å². The third-order valence-electron chi connectivity index (χ3n) is 2.57. The predicted octanol–water partition coefficient (Wildman–Crippen LogP) is 2.11. The minimum absolute atomic E-state index is 0.139. The Hall–Kier alpha value is -2.70. The van der Waals surface area contributed by atoms with Gasteiger partial charge in [0.2, 0.25) is 17.9 Å². The molecule has 0 spiro atoms. The molecule has 1 aromatic heterocycles. The van der Waals surface area contributed by atoms with Crippen LogP contribution < -0.4 is 14.2 Å². The summed E-state index contributed by atoms with van der Waals surface area (Å²) in [5.41, 5.74) is 0.192. The van der Waals surface area contributed by atoms with Crippen molar-refractivity contribution >= 4 is 5.97 Å². The second kappa shape index (κ2) is 6.65. The molecule has 0 fully saturated rings. The van der Waals surface area contributed by atoms with E-state index in [1.807, 2.05) is 0 Å². The number of halogens is 1. The number of hydrogen-bond donors (Lipinski definition) is 0. The maximum atomic E-state index is 14.0. The van der Waals surface area contributed by atoms with Crippen molar-refractivity contribution in [2.75, 3.05) is 14.2 Å². The minimum Gasteiger partial charge on any atom is -0.481 e. The van der Waals surface area contributed by atoms with Crippen LogP contribution in [0, 0.1) is 0 Å². The van der Waals surface area contributed by atoms with Gasteiger partial charge in [0.05, 0.1) is 20.3 Å². The summed E-state index contributed by atoms with van der Waals surface area (Å²) >= 11 is 0. The molecule has 0 aliphatic carbocycles. The van der Waals surface area contributed by atoms with Gasteiger partial charge in [-0.05, 0) is 5.56 Å². The lowest BCUT2D eigenvalue weighted by molar-refractivity contribution is -0.140. The number of nitrogens with zero attached hydrogens (tertiary/aromatic N) is 2. The number of methoxy groups -OCH3 is 2. The highest BCUT2D eigenvalue weighted by molar-refractivity contribution is 5.78. The van der Waals surface area contributed by atoms with Crippen molar-refractivity contribution in [3.8, 4) is 17.8 Å². The fraction of sp³-hybridized carbons (Fsp3) is 0.214. The van der Waals surface area contributed by atoms with Crippen LogP contribution in [0.4, 0.5) is 4.39 Å². The molecule has 0 amide bonds. The Morgan fingerprint density at radius 1 is 1.10 bits per heavy atom. The molecule has 0 aliphatic heterocycles. The molecule has 6 nitrogen and oxygen atoms in total. The van der Waals surface area contributed by atoms with Crippen molar-refractivity contribution in [2.24, 2.45) is 0 Å². The first-order chi connectivity index (χ1) is 10.1. The molecular formula is C14H13FN2O4. The van der Waals surface area contributed by atoms with Crippen molar-refractivity contribution in [3.05, 3.63) is 42.0 Å². The van der Waals surface area contributed by atoms with Crippen molar-refractivity contribution in [1.29, 1.82) is 0 Å². The molecule has 0 N–H and O–H groups in total. The summed E-state index contributed by atoms with van der Waals surface area (Å²) in [6.07, 6.45) is -1.92. The summed E-state index contributed by atoms with van der Waals surface area (Å²) in [6, 6.07) is 9.01. The van der Waals surface area contributed by atoms with E-state index >= 15 is 0 Å². The molecule has 0 saturated heterocycles. The van der Waals surface area contributed by atoms with Gasteiger partial charge in [-0.15, -0.1) is 0 Å². The molecule has 1 aromatic carbocycles. The minimum atomic E-state index is -1.92. The number of rotatable bonds is 5. The molecule has 1 unspecified atom stereocenters. The number of alkyl halides is 1. The molecule has 0 radical (unpaired) electrons. The maximum Gasteiger partial charge on any atom is 0.353 e. The highest BCUT2D eigenvalue weighted by atomic mass is 19.1. The molecule has 110 valence electrons. The highest BCUT2D eigenvalue weighted by Crippen LogP contribution is 2.22. The summed E-state index contributed by atoms with van der Waals surface area (Å²) in [7, 11) is 2.77. The van der Waals surface area contributed by atoms with E-state index in [-0.39, 0.29) is 23.3 Å². The monoisotopic (exact) mass is 292 g/mol. The maximum absolute atomic E-state index is 14.0. The van der Waals surface area contributed by atoms with E-state index < -0.39 is 12.1 Å². The normalized spacial score (nSPS) is 11.6. The Balaban J connectivity index is 2.16. The first-order valence-electron chi connectivity index (χ1n) is 6.02. The number of carbonyl (C=O) groups excluding carboxylic acids is 1. The van der Waals surface area contributed by atoms with Crippen LogP contribution >= 0.6 is 0 Å². The lowest BCUT2D eigenvalue weighted by Gasteiger charge is -2.09. The quantitative estimate of drug-likeness (QED) is 0.786. The van der Waals surface area contributed by atoms with Crippen LogP contribution in [0.5, 0.6) is 17.8 Å². The Morgan fingerprint density at radius 3 is 2.19 bits per heavy atom. The summed E-state index contributed by atoms with van der Waals surface area (Å²) < 4.78 is 28.6. The molecule has 2 aromatic rings. The smallest absolute Gasteiger partial charge is 0.353 e. The Bertz CT molecular complexity index is 599. The Kier molecular flexibility index (Phi) is 4.65. The Labute approximate surface area is 120 Å². The predicted molar refractivity (Wildman–Crippen MR) is 71.1 cm³/mol. The zero-order valence-corrected chi connectivity index (χ0v) is 11.4. The van der Waals surface area contributed by atoms with E-state index in [2.05, 4.69) is 9.97 Å². The third-order valence-corrected chi connectivity index (χ3v) is 2.57. The largest absolute Gasteiger partial charge is 0.481 e. The average molecular weight is 292 g/mol. The van der Waals surface area contributed by atoms with Crippen LogP contribution in [0.2, 0.25) is 0 Å². The van der Waals surface area contributed by atoms with Crippen LogP contribution in [0.25, 0.3) is 0 Å². The number of hydrogen-bond acceptors (Lipinski definition) is 6. The van der Waals surface area contributed by atoms with Crippen LogP contribution in [-0.2, 0) is 4.79 Å². The fourth-order valence-electron chi connectivity index (χ4n) is 1.54. The number of aromatic nitrogens is 2. The second-order valence-corrected chi connectivity index (χ2v) is 3.93. The second-order valence-electron chi connectivity index (χ2n) is 3.93. The first-order valence-corrected chi connectivity index (χ1v) is 6.02. The van der Waals surface area contributed by atoms with Crippen molar-refractivity contribution in [1.82, 2.24) is 9.97 Å². The van der Waals surface area contributed by atoms with Gasteiger partial charge in [-0.2, -0.15) is 9.97 Å². The highest BCUT2D eigenvalue weighted by Gasteiger charge is 2.23. The van der Waals surface area contributed by atoms with Gasteiger partial charge < -0.3 is 14.2 Å². The molecule has 0 aliphatic rings. The van der Waals surface area contributed by atoms with Gasteiger partial charge in [0.1, 0.15) is 0 Å². The number of carbonyl (C=O) groups is 1. The third kappa shape index (κ3) is 3.65. The molecule has 1 atom stereocenters. The number of benzene rings is 1. The molecular weight excluding hydrogens is 279 g/mol. The molecule has 2 rings (SSSR count). The van der Waals surface area contributed by atoms with Gasteiger partial charge in [-0.3, -0.25) is 0 Å². The van der Waals surface area contributed by atoms with Crippen LogP contribution in [0.1, 0.15) is 11.7 Å². The first kappa shape index (κ1) is 14.7. The number of ether oxygens (including phenoxy) is 3. The molecule has 21 heavy (non-hydrogen) atoms. The Morgan fingerprint density at radius 2 is 1.67 bits per heavy atom. The van der Waals surface area contributed by atoms with E-state index in [1.165, 1.54) is 32.4 Å². The summed E-state index contributed by atoms with van der Waals surface area (Å²) in [5.74, 6) is -0.837. The van der Waals surface area contributed by atoms with Gasteiger partial charge in [0, 0.05) is 0 Å². The average Bonchev–Trinajstić information content (AvgIpc) is 2.54. The van der Waals surface area contributed by atoms with Crippen molar-refractivity contribution < 1.29 is 23.4 Å². The fourth-order valence-corrected chi connectivity index (χ4v) is 1.54. The summed E-state index contributed by atoms with van der Waals surface area (Å²) in [5, 5.41) is 0. The lowest BCUT2D eigenvalue weighted by atomic mass is 10.1. The van der Waals surface area contributed by atoms with E-state index in [0.29, 0.717) is 0 Å². The van der Waals surface area contributed by atoms with Crippen LogP contribution in [0.3, 0.4) is 0 Å². The standard InChI is InChI=1S/C14H13FN2O4/c1-19-10-8-11(20-2)17-14(16-10)21-13(18)12(15)9-6-4-3-5-7-9/h3-8,12H,1-2H3. The summed E-state index contributed by atoms with van der Waals surface area (Å²) in [6.45, 7) is 0. The lowest BCUT2D eigenvalue weighted by Crippen LogP contribution is -2.17. The van der Waals surface area contributed by atoms with Gasteiger partial charge in [0.25, 0.3) is 0 Å².